The third-order valence-electron chi connectivity index (χ3n) is 4.24. The zero-order valence-electron chi connectivity index (χ0n) is 14.1. The van der Waals surface area contributed by atoms with E-state index < -0.39 is 0 Å². The summed E-state index contributed by atoms with van der Waals surface area (Å²) in [4.78, 5) is 0. The average Bonchev–Trinajstić information content (AvgIpc) is 3.35. The number of aromatic nitrogens is 2. The number of nitrogens with zero attached hydrogens (tertiary/aromatic N) is 1. The smallest absolute Gasteiger partial charge is 0.152 e. The van der Waals surface area contributed by atoms with Crippen LogP contribution in [0, 0.1) is 6.92 Å². The molecule has 1 aromatic carbocycles. The van der Waals surface area contributed by atoms with Gasteiger partial charge in [0.25, 0.3) is 0 Å². The molecule has 4 rings (SSSR count). The lowest BCUT2D eigenvalue weighted by molar-refractivity contribution is 0.142. The summed E-state index contributed by atoms with van der Waals surface area (Å²) in [5.74, 6) is 2.51. The summed E-state index contributed by atoms with van der Waals surface area (Å²) in [6.45, 7) is 3.96. The molecule has 130 valence electrons. The zero-order chi connectivity index (χ0) is 17.1. The number of aryl methyl sites for hydroxylation is 1. The molecule has 1 aliphatic rings. The van der Waals surface area contributed by atoms with E-state index in [4.69, 9.17) is 13.9 Å². The summed E-state index contributed by atoms with van der Waals surface area (Å²) in [6.07, 6.45) is 2.87. The van der Waals surface area contributed by atoms with Gasteiger partial charge in [0.05, 0.1) is 25.1 Å². The molecule has 25 heavy (non-hydrogen) atoms. The van der Waals surface area contributed by atoms with Gasteiger partial charge in [-0.1, -0.05) is 12.1 Å². The minimum Gasteiger partial charge on any atom is -0.486 e. The lowest BCUT2D eigenvalue weighted by Crippen LogP contribution is -2.16. The number of H-pyrrole nitrogens is 1. The fraction of sp³-hybridized carbons (Fsp3) is 0.316. The molecule has 0 amide bonds. The van der Waals surface area contributed by atoms with Crippen molar-refractivity contribution in [3.63, 3.8) is 0 Å². The number of nitrogens with one attached hydrogen (secondary N) is 2. The van der Waals surface area contributed by atoms with E-state index in [2.05, 4.69) is 15.5 Å². The number of hydrogen-bond donors (Lipinski definition) is 2. The highest BCUT2D eigenvalue weighted by molar-refractivity contribution is 5.60. The second-order valence-electron chi connectivity index (χ2n) is 6.13. The first-order chi connectivity index (χ1) is 12.3. The topological polar surface area (TPSA) is 72.3 Å². The van der Waals surface area contributed by atoms with Gasteiger partial charge in [-0.3, -0.25) is 5.10 Å². The first-order valence-electron chi connectivity index (χ1n) is 8.46. The average molecular weight is 339 g/mol. The van der Waals surface area contributed by atoms with E-state index >= 15 is 0 Å². The van der Waals surface area contributed by atoms with Crippen molar-refractivity contribution in [2.45, 2.75) is 26.0 Å². The number of para-hydroxylation sites is 2. The fourth-order valence-electron chi connectivity index (χ4n) is 2.92. The van der Waals surface area contributed by atoms with E-state index in [-0.39, 0.29) is 6.10 Å². The molecule has 0 spiro atoms. The summed E-state index contributed by atoms with van der Waals surface area (Å²) < 4.78 is 17.1. The zero-order valence-corrected chi connectivity index (χ0v) is 14.1. The molecule has 0 unspecified atom stereocenters. The summed E-state index contributed by atoms with van der Waals surface area (Å²) in [5, 5.41) is 10.6. The molecule has 1 fully saturated rings. The third-order valence-corrected chi connectivity index (χ3v) is 4.24. The predicted octanol–water partition coefficient (Wildman–Crippen LogP) is 3.76. The quantitative estimate of drug-likeness (QED) is 0.715. The predicted molar refractivity (Wildman–Crippen MR) is 94.6 cm³/mol. The molecule has 1 atom stereocenters. The second kappa shape index (κ2) is 7.03. The van der Waals surface area contributed by atoms with Gasteiger partial charge in [-0.05, 0) is 31.2 Å². The Labute approximate surface area is 146 Å². The Morgan fingerprint density at radius 3 is 3.00 bits per heavy atom. The lowest BCUT2D eigenvalue weighted by Gasteiger charge is -2.16. The molecule has 0 radical (unpaired) electrons. The Bertz CT molecular complexity index is 834. The molecule has 0 bridgehead atoms. The standard InChI is InChI=1S/C19H21N3O3/c1-13-6-7-18(24-13)19-14(11-21-22-19)10-20-16-4-2-3-5-17(16)25-15-8-9-23-12-15/h2-7,11,15,20H,8-10,12H2,1H3,(H,21,22)/t15-/m0/s1. The van der Waals surface area contributed by atoms with Crippen LogP contribution in [0.3, 0.4) is 0 Å². The number of benzene rings is 1. The summed E-state index contributed by atoms with van der Waals surface area (Å²) >= 11 is 0. The van der Waals surface area contributed by atoms with Crippen molar-refractivity contribution < 1.29 is 13.9 Å². The van der Waals surface area contributed by atoms with Crippen LogP contribution in [-0.4, -0.2) is 29.5 Å². The van der Waals surface area contributed by atoms with E-state index in [1.165, 1.54) is 0 Å². The van der Waals surface area contributed by atoms with Gasteiger partial charge in [-0.2, -0.15) is 5.10 Å². The van der Waals surface area contributed by atoms with Crippen LogP contribution in [-0.2, 0) is 11.3 Å². The Kier molecular flexibility index (Phi) is 4.43. The number of hydrogen-bond acceptors (Lipinski definition) is 5. The Hall–Kier alpha value is -2.73. The lowest BCUT2D eigenvalue weighted by atomic mass is 10.2. The van der Waals surface area contributed by atoms with Crippen LogP contribution >= 0.6 is 0 Å². The summed E-state index contributed by atoms with van der Waals surface area (Å²) in [5.41, 5.74) is 2.88. The van der Waals surface area contributed by atoms with Crippen molar-refractivity contribution in [2.24, 2.45) is 0 Å². The van der Waals surface area contributed by atoms with Crippen molar-refractivity contribution in [1.82, 2.24) is 10.2 Å². The fourth-order valence-corrected chi connectivity index (χ4v) is 2.92. The first-order valence-corrected chi connectivity index (χ1v) is 8.46. The molecule has 1 saturated heterocycles. The molecular weight excluding hydrogens is 318 g/mol. The van der Waals surface area contributed by atoms with Crippen LogP contribution in [0.1, 0.15) is 17.7 Å². The molecule has 0 aliphatic carbocycles. The Morgan fingerprint density at radius 2 is 2.20 bits per heavy atom. The van der Waals surface area contributed by atoms with Gasteiger partial charge < -0.3 is 19.2 Å². The minimum absolute atomic E-state index is 0.124. The number of rotatable bonds is 6. The number of aromatic amines is 1. The number of furan rings is 1. The highest BCUT2D eigenvalue weighted by Crippen LogP contribution is 2.29. The van der Waals surface area contributed by atoms with Crippen molar-refractivity contribution in [1.29, 1.82) is 0 Å². The third kappa shape index (κ3) is 3.53. The SMILES string of the molecule is Cc1ccc(-c2[nH]ncc2CNc2ccccc2O[C@H]2CCOC2)o1. The van der Waals surface area contributed by atoms with Gasteiger partial charge in [0, 0.05) is 18.5 Å². The normalized spacial score (nSPS) is 16.9. The maximum absolute atomic E-state index is 6.07. The van der Waals surface area contributed by atoms with Gasteiger partial charge in [-0.15, -0.1) is 0 Å². The van der Waals surface area contributed by atoms with E-state index in [1.807, 2.05) is 49.5 Å². The maximum atomic E-state index is 6.07. The molecule has 6 heteroatoms. The molecule has 0 saturated carbocycles. The largest absolute Gasteiger partial charge is 0.486 e. The Morgan fingerprint density at radius 1 is 1.28 bits per heavy atom. The van der Waals surface area contributed by atoms with Crippen LogP contribution in [0.2, 0.25) is 0 Å². The maximum Gasteiger partial charge on any atom is 0.152 e. The van der Waals surface area contributed by atoms with Crippen LogP contribution in [0.4, 0.5) is 5.69 Å². The minimum atomic E-state index is 0.124. The molecule has 2 aromatic heterocycles. The summed E-state index contributed by atoms with van der Waals surface area (Å²) in [7, 11) is 0. The molecule has 2 N–H and O–H groups in total. The van der Waals surface area contributed by atoms with Gasteiger partial charge in [0.1, 0.15) is 23.3 Å². The van der Waals surface area contributed by atoms with Crippen molar-refractivity contribution in [3.05, 3.63) is 53.9 Å². The van der Waals surface area contributed by atoms with E-state index in [0.717, 1.165) is 47.2 Å². The number of anilines is 1. The van der Waals surface area contributed by atoms with E-state index in [9.17, 15) is 0 Å². The van der Waals surface area contributed by atoms with Crippen LogP contribution < -0.4 is 10.1 Å². The van der Waals surface area contributed by atoms with Gasteiger partial charge in [0.15, 0.2) is 5.76 Å². The second-order valence-corrected chi connectivity index (χ2v) is 6.13. The van der Waals surface area contributed by atoms with Gasteiger partial charge >= 0.3 is 0 Å². The number of ether oxygens (including phenoxy) is 2. The van der Waals surface area contributed by atoms with E-state index in [0.29, 0.717) is 13.2 Å². The van der Waals surface area contributed by atoms with Crippen LogP contribution in [0.15, 0.2) is 47.0 Å². The molecule has 6 nitrogen and oxygen atoms in total. The first kappa shape index (κ1) is 15.8. The molecular formula is C19H21N3O3. The highest BCUT2D eigenvalue weighted by Gasteiger charge is 2.18. The van der Waals surface area contributed by atoms with Crippen molar-refractivity contribution in [2.75, 3.05) is 18.5 Å². The van der Waals surface area contributed by atoms with E-state index in [1.54, 1.807) is 0 Å². The molecule has 1 aliphatic heterocycles. The van der Waals surface area contributed by atoms with Gasteiger partial charge in [0.2, 0.25) is 0 Å². The van der Waals surface area contributed by atoms with Crippen LogP contribution in [0.5, 0.6) is 5.75 Å². The van der Waals surface area contributed by atoms with Crippen molar-refractivity contribution in [3.8, 4) is 17.2 Å². The highest BCUT2D eigenvalue weighted by atomic mass is 16.5. The Balaban J connectivity index is 1.48. The van der Waals surface area contributed by atoms with Crippen LogP contribution in [0.25, 0.3) is 11.5 Å². The van der Waals surface area contributed by atoms with Crippen molar-refractivity contribution >= 4 is 5.69 Å². The molecule has 3 aromatic rings. The molecule has 3 heterocycles. The summed E-state index contributed by atoms with van der Waals surface area (Å²) in [6, 6.07) is 11.9. The van der Waals surface area contributed by atoms with Gasteiger partial charge in [-0.25, -0.2) is 0 Å². The monoisotopic (exact) mass is 339 g/mol.